The largest absolute Gasteiger partial charge is 0.328 e. The fraction of sp³-hybridized carbons (Fsp3) is 0.143. The Labute approximate surface area is 204 Å². The molecule has 5 rings (SSSR count). The molecule has 6 nitrogen and oxygen atoms in total. The molecule has 0 fully saturated rings. The maximum Gasteiger partial charge on any atom is 0.278 e. The summed E-state index contributed by atoms with van der Waals surface area (Å²) in [6.07, 6.45) is 3.47. The number of benzene rings is 3. The lowest BCUT2D eigenvalue weighted by Crippen LogP contribution is -2.35. The zero-order valence-corrected chi connectivity index (χ0v) is 19.9. The fourth-order valence-corrected chi connectivity index (χ4v) is 5.90. The summed E-state index contributed by atoms with van der Waals surface area (Å²) in [5.74, 6) is -0.492. The zero-order valence-electron chi connectivity index (χ0n) is 19.1. The molecule has 1 aromatic heterocycles. The lowest BCUT2D eigenvalue weighted by Gasteiger charge is -2.30. The Morgan fingerprint density at radius 3 is 2.49 bits per heavy atom. The van der Waals surface area contributed by atoms with Crippen molar-refractivity contribution in [1.29, 1.82) is 0 Å². The van der Waals surface area contributed by atoms with Gasteiger partial charge in [0.05, 0.1) is 10.6 Å². The maximum absolute atomic E-state index is 13.5. The quantitative estimate of drug-likeness (QED) is 0.422. The Hall–Kier alpha value is -3.97. The van der Waals surface area contributed by atoms with E-state index in [2.05, 4.69) is 4.99 Å². The number of hydrogen-bond donors (Lipinski definition) is 0. The number of fused-ring (bicyclic) bond motifs is 1. The van der Waals surface area contributed by atoms with Crippen LogP contribution in [0.4, 0.5) is 5.69 Å². The molecule has 0 unspecified atom stereocenters. The van der Waals surface area contributed by atoms with Crippen LogP contribution >= 0.6 is 0 Å². The molecule has 0 saturated carbocycles. The van der Waals surface area contributed by atoms with E-state index in [1.807, 2.05) is 77.5 Å². The Balaban J connectivity index is 1.47. The molecule has 0 saturated heterocycles. The van der Waals surface area contributed by atoms with Gasteiger partial charge in [0.1, 0.15) is 5.49 Å². The van der Waals surface area contributed by atoms with Crippen molar-refractivity contribution < 1.29 is 13.2 Å². The number of pyridine rings is 1. The second-order valence-electron chi connectivity index (χ2n) is 8.43. The van der Waals surface area contributed by atoms with E-state index in [1.165, 1.54) is 16.4 Å². The third-order valence-corrected chi connectivity index (χ3v) is 7.87. The second-order valence-corrected chi connectivity index (χ2v) is 10.3. The van der Waals surface area contributed by atoms with Gasteiger partial charge in [-0.15, -0.1) is 0 Å². The Bertz CT molecular complexity index is 1540. The lowest BCUT2D eigenvalue weighted by atomic mass is 10.0. The predicted molar refractivity (Wildman–Crippen MR) is 136 cm³/mol. The molecule has 176 valence electrons. The Morgan fingerprint density at radius 1 is 0.857 bits per heavy atom. The minimum Gasteiger partial charge on any atom is -0.328 e. The van der Waals surface area contributed by atoms with Crippen LogP contribution in [0.15, 0.2) is 113 Å². The summed E-state index contributed by atoms with van der Waals surface area (Å²) in [7, 11) is -3.82. The minimum absolute atomic E-state index is 0.0838. The van der Waals surface area contributed by atoms with Gasteiger partial charge in [-0.2, -0.15) is 4.99 Å². The van der Waals surface area contributed by atoms with Crippen LogP contribution in [-0.4, -0.2) is 25.4 Å². The number of para-hydroxylation sites is 1. The van der Waals surface area contributed by atoms with Crippen LogP contribution < -0.4 is 9.79 Å². The van der Waals surface area contributed by atoms with E-state index >= 15 is 0 Å². The first-order valence-corrected chi connectivity index (χ1v) is 13.0. The van der Waals surface area contributed by atoms with Gasteiger partial charge in [0, 0.05) is 24.8 Å². The first-order valence-electron chi connectivity index (χ1n) is 11.5. The summed E-state index contributed by atoms with van der Waals surface area (Å²) in [6, 6.07) is 29.1. The van der Waals surface area contributed by atoms with E-state index in [0.29, 0.717) is 24.3 Å². The van der Waals surface area contributed by atoms with E-state index in [0.717, 1.165) is 24.0 Å². The number of carbonyl (C=O) groups is 1. The number of amides is 1. The minimum atomic E-state index is -3.82. The molecular formula is C28H25N3O3S. The average molecular weight is 484 g/mol. The zero-order chi connectivity index (χ0) is 24.3. The number of rotatable bonds is 5. The maximum atomic E-state index is 13.5. The first kappa shape index (κ1) is 22.8. The lowest BCUT2D eigenvalue weighted by molar-refractivity contribution is 0.0997. The highest BCUT2D eigenvalue weighted by molar-refractivity contribution is 7.92. The summed E-state index contributed by atoms with van der Waals surface area (Å²) in [5.41, 5.74) is 3.52. The van der Waals surface area contributed by atoms with E-state index in [9.17, 15) is 13.2 Å². The van der Waals surface area contributed by atoms with Crippen LogP contribution in [-0.2, 0) is 23.0 Å². The van der Waals surface area contributed by atoms with E-state index in [1.54, 1.807) is 18.2 Å². The Morgan fingerprint density at radius 2 is 1.63 bits per heavy atom. The van der Waals surface area contributed by atoms with Gasteiger partial charge in [-0.05, 0) is 60.4 Å². The summed E-state index contributed by atoms with van der Waals surface area (Å²) in [6.45, 7) is 0.974. The van der Waals surface area contributed by atoms with Gasteiger partial charge >= 0.3 is 0 Å². The van der Waals surface area contributed by atoms with Crippen LogP contribution in [0.3, 0.4) is 0 Å². The highest BCUT2D eigenvalue weighted by Gasteiger charge is 2.29. The number of hydrogen-bond acceptors (Lipinski definition) is 3. The highest BCUT2D eigenvalue weighted by atomic mass is 32.2. The summed E-state index contributed by atoms with van der Waals surface area (Å²) in [4.78, 5) is 17.5. The van der Waals surface area contributed by atoms with Gasteiger partial charge in [-0.1, -0.05) is 60.7 Å². The number of sulfonamides is 1. The molecule has 0 aliphatic carbocycles. The number of nitrogens with zero attached hydrogens (tertiary/aromatic N) is 3. The average Bonchev–Trinajstić information content (AvgIpc) is 2.90. The van der Waals surface area contributed by atoms with Crippen LogP contribution in [0, 0.1) is 0 Å². The van der Waals surface area contributed by atoms with Crippen LogP contribution in [0.25, 0.3) is 0 Å². The van der Waals surface area contributed by atoms with Gasteiger partial charge in [0.25, 0.3) is 15.9 Å². The molecule has 0 radical (unpaired) electrons. The highest BCUT2D eigenvalue weighted by Crippen LogP contribution is 2.32. The van der Waals surface area contributed by atoms with Gasteiger partial charge < -0.3 is 4.57 Å². The second kappa shape index (κ2) is 9.72. The van der Waals surface area contributed by atoms with Crippen molar-refractivity contribution >= 4 is 21.6 Å². The molecule has 1 aliphatic heterocycles. The monoisotopic (exact) mass is 483 g/mol. The predicted octanol–water partition coefficient (Wildman–Crippen LogP) is 4.42. The van der Waals surface area contributed by atoms with Crippen molar-refractivity contribution in [3.63, 3.8) is 0 Å². The SMILES string of the molecule is O=C(N=c1ccccn1Cc1ccccc1)c1cccc(S(=O)(=O)N2CCCc3ccccc32)c1. The molecule has 0 bridgehead atoms. The topological polar surface area (TPSA) is 71.7 Å². The van der Waals surface area contributed by atoms with E-state index < -0.39 is 15.9 Å². The molecule has 0 atom stereocenters. The van der Waals surface area contributed by atoms with Crippen LogP contribution in [0.5, 0.6) is 0 Å². The molecule has 4 aromatic rings. The van der Waals surface area contributed by atoms with Crippen molar-refractivity contribution in [2.24, 2.45) is 4.99 Å². The van der Waals surface area contributed by atoms with Crippen molar-refractivity contribution in [1.82, 2.24) is 4.57 Å². The van der Waals surface area contributed by atoms with Crippen molar-refractivity contribution in [3.05, 3.63) is 125 Å². The van der Waals surface area contributed by atoms with Gasteiger partial charge in [-0.3, -0.25) is 9.10 Å². The number of aryl methyl sites for hydroxylation is 1. The molecule has 0 N–H and O–H groups in total. The molecule has 7 heteroatoms. The molecule has 1 aliphatic rings. The number of anilines is 1. The first-order chi connectivity index (χ1) is 17.0. The summed E-state index contributed by atoms with van der Waals surface area (Å²) in [5, 5.41) is 0. The van der Waals surface area contributed by atoms with Crippen LogP contribution in [0.1, 0.15) is 27.9 Å². The van der Waals surface area contributed by atoms with Crippen molar-refractivity contribution in [3.8, 4) is 0 Å². The Kier molecular flexibility index (Phi) is 6.33. The molecule has 35 heavy (non-hydrogen) atoms. The van der Waals surface area contributed by atoms with Crippen molar-refractivity contribution in [2.75, 3.05) is 10.8 Å². The normalized spacial score (nSPS) is 13.9. The van der Waals surface area contributed by atoms with E-state index in [-0.39, 0.29) is 10.5 Å². The molecule has 0 spiro atoms. The van der Waals surface area contributed by atoms with Gasteiger partial charge in [0.2, 0.25) is 0 Å². The summed E-state index contributed by atoms with van der Waals surface area (Å²) < 4.78 is 30.4. The third-order valence-electron chi connectivity index (χ3n) is 6.07. The van der Waals surface area contributed by atoms with Gasteiger partial charge in [-0.25, -0.2) is 8.42 Å². The smallest absolute Gasteiger partial charge is 0.278 e. The molecular weight excluding hydrogens is 458 g/mol. The number of carbonyl (C=O) groups excluding carboxylic acids is 1. The molecule has 2 heterocycles. The van der Waals surface area contributed by atoms with Gasteiger partial charge in [0.15, 0.2) is 0 Å². The van der Waals surface area contributed by atoms with Crippen LogP contribution in [0.2, 0.25) is 0 Å². The molecule has 1 amide bonds. The van der Waals surface area contributed by atoms with Crippen molar-refractivity contribution in [2.45, 2.75) is 24.3 Å². The third kappa shape index (κ3) is 4.81. The molecule has 3 aromatic carbocycles. The van der Waals surface area contributed by atoms with E-state index in [4.69, 9.17) is 0 Å². The number of aromatic nitrogens is 1. The fourth-order valence-electron chi connectivity index (χ4n) is 4.32. The summed E-state index contributed by atoms with van der Waals surface area (Å²) >= 11 is 0. The standard InChI is InChI=1S/C28H25N3O3S/c32-28(29-27-17-6-7-18-30(27)21-22-10-2-1-3-11-22)24-13-8-15-25(20-24)35(33,34)31-19-9-14-23-12-4-5-16-26(23)31/h1-8,10-13,15-18,20H,9,14,19,21H2.